The first-order chi connectivity index (χ1) is 12.6. The lowest BCUT2D eigenvalue weighted by Gasteiger charge is -2.16. The number of rotatable bonds is 9. The first kappa shape index (κ1) is 19.6. The summed E-state index contributed by atoms with van der Waals surface area (Å²) in [5, 5.41) is 2.77. The van der Waals surface area contributed by atoms with E-state index in [0.29, 0.717) is 25.0 Å². The van der Waals surface area contributed by atoms with Crippen molar-refractivity contribution >= 4 is 11.9 Å². The molecule has 2 aromatic carbocycles. The molecule has 2 rings (SSSR count). The number of aryl methyl sites for hydroxylation is 1. The van der Waals surface area contributed by atoms with Crippen LogP contribution in [0.1, 0.15) is 24.5 Å². The fourth-order valence-corrected chi connectivity index (χ4v) is 2.67. The fraction of sp³-hybridized carbons (Fsp3) is 0.333. The van der Waals surface area contributed by atoms with Crippen LogP contribution in [-0.4, -0.2) is 25.0 Å². The van der Waals surface area contributed by atoms with E-state index in [1.165, 1.54) is 6.07 Å². The number of carbonyl (C=O) groups excluding carboxylic acids is 2. The summed E-state index contributed by atoms with van der Waals surface area (Å²) in [6.45, 7) is 2.25. The number of benzene rings is 2. The van der Waals surface area contributed by atoms with E-state index in [1.807, 2.05) is 30.3 Å². The number of amides is 1. The van der Waals surface area contributed by atoms with Gasteiger partial charge in [-0.2, -0.15) is 0 Å². The lowest BCUT2D eigenvalue weighted by atomic mass is 9.99. The number of hydrogen-bond donors (Lipinski definition) is 1. The Morgan fingerprint density at radius 1 is 1.08 bits per heavy atom. The first-order valence-corrected chi connectivity index (χ1v) is 8.80. The number of carbonyl (C=O) groups is 2. The van der Waals surface area contributed by atoms with Crippen molar-refractivity contribution in [1.82, 2.24) is 5.32 Å². The SMILES string of the molecule is CCOC(=O)C(CNC(=O)CCc1ccccc1F)Cc1ccccc1. The van der Waals surface area contributed by atoms with Gasteiger partial charge in [0.15, 0.2) is 0 Å². The Morgan fingerprint density at radius 2 is 1.77 bits per heavy atom. The van der Waals surface area contributed by atoms with Gasteiger partial charge in [0.05, 0.1) is 12.5 Å². The average Bonchev–Trinajstić information content (AvgIpc) is 2.65. The van der Waals surface area contributed by atoms with Crippen LogP contribution in [-0.2, 0) is 27.2 Å². The molecule has 1 N–H and O–H groups in total. The van der Waals surface area contributed by atoms with Crippen molar-refractivity contribution in [3.8, 4) is 0 Å². The van der Waals surface area contributed by atoms with Crippen LogP contribution in [0.4, 0.5) is 4.39 Å². The predicted octanol–water partition coefficient (Wildman–Crippen LogP) is 3.30. The number of ether oxygens (including phenoxy) is 1. The third-order valence-corrected chi connectivity index (χ3v) is 4.07. The topological polar surface area (TPSA) is 55.4 Å². The monoisotopic (exact) mass is 357 g/mol. The van der Waals surface area contributed by atoms with E-state index in [1.54, 1.807) is 25.1 Å². The summed E-state index contributed by atoms with van der Waals surface area (Å²) >= 11 is 0. The molecule has 1 amide bonds. The summed E-state index contributed by atoms with van der Waals surface area (Å²) in [4.78, 5) is 24.2. The van der Waals surface area contributed by atoms with Gasteiger partial charge in [-0.15, -0.1) is 0 Å². The van der Waals surface area contributed by atoms with Crippen LogP contribution in [0, 0.1) is 11.7 Å². The Bertz CT molecular complexity index is 718. The van der Waals surface area contributed by atoms with E-state index in [-0.39, 0.29) is 30.7 Å². The maximum absolute atomic E-state index is 13.6. The zero-order valence-corrected chi connectivity index (χ0v) is 14.9. The highest BCUT2D eigenvalue weighted by Gasteiger charge is 2.21. The number of nitrogens with one attached hydrogen (secondary N) is 1. The second-order valence-electron chi connectivity index (χ2n) is 6.03. The van der Waals surface area contributed by atoms with E-state index in [9.17, 15) is 14.0 Å². The highest BCUT2D eigenvalue weighted by molar-refractivity contribution is 5.78. The van der Waals surface area contributed by atoms with Crippen molar-refractivity contribution in [3.63, 3.8) is 0 Å². The second-order valence-corrected chi connectivity index (χ2v) is 6.03. The molecule has 0 fully saturated rings. The molecule has 1 unspecified atom stereocenters. The molecule has 0 aliphatic rings. The summed E-state index contributed by atoms with van der Waals surface area (Å²) in [6.07, 6.45) is 0.982. The standard InChI is InChI=1S/C21H24FNO3/c1-2-26-21(25)18(14-16-8-4-3-5-9-16)15-23-20(24)13-12-17-10-6-7-11-19(17)22/h3-11,18H,2,12-15H2,1H3,(H,23,24). The third kappa shape index (κ3) is 6.31. The lowest BCUT2D eigenvalue weighted by molar-refractivity contribution is -0.147. The third-order valence-electron chi connectivity index (χ3n) is 4.07. The number of esters is 1. The minimum atomic E-state index is -0.449. The Kier molecular flexibility index (Phi) is 7.80. The van der Waals surface area contributed by atoms with Crippen molar-refractivity contribution in [1.29, 1.82) is 0 Å². The zero-order chi connectivity index (χ0) is 18.8. The molecule has 26 heavy (non-hydrogen) atoms. The van der Waals surface area contributed by atoms with E-state index in [2.05, 4.69) is 5.32 Å². The zero-order valence-electron chi connectivity index (χ0n) is 14.9. The van der Waals surface area contributed by atoms with Gasteiger partial charge in [-0.05, 0) is 37.0 Å². The molecule has 0 aliphatic carbocycles. The molecule has 5 heteroatoms. The molecule has 2 aromatic rings. The van der Waals surface area contributed by atoms with E-state index >= 15 is 0 Å². The van der Waals surface area contributed by atoms with Crippen LogP contribution in [0.5, 0.6) is 0 Å². The molecule has 0 aromatic heterocycles. The van der Waals surface area contributed by atoms with Gasteiger partial charge in [0, 0.05) is 13.0 Å². The smallest absolute Gasteiger partial charge is 0.311 e. The Hall–Kier alpha value is -2.69. The molecule has 4 nitrogen and oxygen atoms in total. The molecule has 0 heterocycles. The highest BCUT2D eigenvalue weighted by Crippen LogP contribution is 2.11. The molecule has 0 radical (unpaired) electrons. The fourth-order valence-electron chi connectivity index (χ4n) is 2.67. The number of hydrogen-bond acceptors (Lipinski definition) is 3. The maximum atomic E-state index is 13.6. The van der Waals surface area contributed by atoms with Gasteiger partial charge in [0.1, 0.15) is 5.82 Å². The molecule has 138 valence electrons. The summed E-state index contributed by atoms with van der Waals surface area (Å²) in [5.41, 5.74) is 1.51. The summed E-state index contributed by atoms with van der Waals surface area (Å²) in [6, 6.07) is 16.0. The number of halogens is 1. The van der Waals surface area contributed by atoms with Crippen LogP contribution < -0.4 is 5.32 Å². The van der Waals surface area contributed by atoms with Crippen LogP contribution in [0.2, 0.25) is 0 Å². The quantitative estimate of drug-likeness (QED) is 0.701. The molecular formula is C21H24FNO3. The van der Waals surface area contributed by atoms with Crippen LogP contribution >= 0.6 is 0 Å². The lowest BCUT2D eigenvalue weighted by Crippen LogP contribution is -2.35. The summed E-state index contributed by atoms with van der Waals surface area (Å²) < 4.78 is 18.7. The van der Waals surface area contributed by atoms with E-state index < -0.39 is 5.92 Å². The van der Waals surface area contributed by atoms with E-state index in [0.717, 1.165) is 5.56 Å². The van der Waals surface area contributed by atoms with Crippen LogP contribution in [0.15, 0.2) is 54.6 Å². The maximum Gasteiger partial charge on any atom is 0.311 e. The van der Waals surface area contributed by atoms with Crippen molar-refractivity contribution in [2.24, 2.45) is 5.92 Å². The van der Waals surface area contributed by atoms with Gasteiger partial charge in [0.2, 0.25) is 5.91 Å². The van der Waals surface area contributed by atoms with Crippen LogP contribution in [0.3, 0.4) is 0 Å². The van der Waals surface area contributed by atoms with Crippen molar-refractivity contribution in [2.45, 2.75) is 26.2 Å². The van der Waals surface area contributed by atoms with Gasteiger partial charge < -0.3 is 10.1 Å². The minimum absolute atomic E-state index is 0.168. The molecule has 0 aliphatic heterocycles. The Balaban J connectivity index is 1.88. The van der Waals surface area contributed by atoms with Gasteiger partial charge in [-0.3, -0.25) is 9.59 Å². The van der Waals surface area contributed by atoms with Crippen molar-refractivity contribution in [2.75, 3.05) is 13.2 Å². The molecule has 0 bridgehead atoms. The predicted molar refractivity (Wildman–Crippen MR) is 98.0 cm³/mol. The second kappa shape index (κ2) is 10.3. The molecule has 0 saturated heterocycles. The minimum Gasteiger partial charge on any atom is -0.466 e. The highest BCUT2D eigenvalue weighted by atomic mass is 19.1. The van der Waals surface area contributed by atoms with Crippen molar-refractivity contribution < 1.29 is 18.7 Å². The van der Waals surface area contributed by atoms with Gasteiger partial charge in [0.25, 0.3) is 0 Å². The largest absolute Gasteiger partial charge is 0.466 e. The summed E-state index contributed by atoms with van der Waals surface area (Å²) in [5.74, 6) is -1.30. The average molecular weight is 357 g/mol. The molecule has 0 spiro atoms. The normalized spacial score (nSPS) is 11.6. The molecule has 1 atom stereocenters. The van der Waals surface area contributed by atoms with Gasteiger partial charge >= 0.3 is 5.97 Å². The first-order valence-electron chi connectivity index (χ1n) is 8.80. The van der Waals surface area contributed by atoms with Gasteiger partial charge in [-0.25, -0.2) is 4.39 Å². The molecule has 0 saturated carbocycles. The van der Waals surface area contributed by atoms with Crippen LogP contribution in [0.25, 0.3) is 0 Å². The van der Waals surface area contributed by atoms with E-state index in [4.69, 9.17) is 4.74 Å². The Morgan fingerprint density at radius 3 is 2.46 bits per heavy atom. The van der Waals surface area contributed by atoms with Gasteiger partial charge in [-0.1, -0.05) is 48.5 Å². The summed E-state index contributed by atoms with van der Waals surface area (Å²) in [7, 11) is 0. The molecular weight excluding hydrogens is 333 g/mol. The Labute approximate surface area is 153 Å². The van der Waals surface area contributed by atoms with Crippen molar-refractivity contribution in [3.05, 3.63) is 71.5 Å².